The van der Waals surface area contributed by atoms with Crippen molar-refractivity contribution in [1.82, 2.24) is 0 Å². The van der Waals surface area contributed by atoms with Gasteiger partial charge in [-0.1, -0.05) is 67.6 Å². The van der Waals surface area contributed by atoms with Crippen molar-refractivity contribution in [2.45, 2.75) is 25.9 Å². The first kappa shape index (κ1) is 14.5. The molecule has 0 fully saturated rings. The van der Waals surface area contributed by atoms with Crippen LogP contribution in [0.5, 0.6) is 0 Å². The minimum absolute atomic E-state index is 0.102. The third-order valence-corrected chi connectivity index (χ3v) is 3.63. The van der Waals surface area contributed by atoms with Gasteiger partial charge in [-0.3, -0.25) is 4.79 Å². The summed E-state index contributed by atoms with van der Waals surface area (Å²) in [5.74, 6) is -0.272. The second kappa shape index (κ2) is 7.01. The van der Waals surface area contributed by atoms with Crippen LogP contribution in [0.4, 0.5) is 0 Å². The van der Waals surface area contributed by atoms with E-state index in [9.17, 15) is 9.90 Å². The van der Waals surface area contributed by atoms with Gasteiger partial charge in [-0.25, -0.2) is 0 Å². The molecular weight excluding hydrogens is 248 g/mol. The van der Waals surface area contributed by atoms with Gasteiger partial charge in [0.1, 0.15) is 5.78 Å². The number of hydrogen-bond acceptors (Lipinski definition) is 2. The van der Waals surface area contributed by atoms with Crippen LogP contribution in [0.15, 0.2) is 60.7 Å². The normalized spacial score (nSPS) is 13.7. The van der Waals surface area contributed by atoms with E-state index >= 15 is 0 Å². The maximum Gasteiger partial charge on any atom is 0.138 e. The van der Waals surface area contributed by atoms with Crippen molar-refractivity contribution in [2.24, 2.45) is 5.92 Å². The van der Waals surface area contributed by atoms with Gasteiger partial charge >= 0.3 is 0 Å². The van der Waals surface area contributed by atoms with Gasteiger partial charge in [0.2, 0.25) is 0 Å². The number of rotatable bonds is 6. The fraction of sp³-hybridized carbons (Fsp3) is 0.278. The van der Waals surface area contributed by atoms with E-state index < -0.39 is 6.10 Å². The van der Waals surface area contributed by atoms with E-state index in [2.05, 4.69) is 0 Å². The number of aryl methyl sites for hydroxylation is 1. The fourth-order valence-corrected chi connectivity index (χ4v) is 2.25. The predicted octanol–water partition coefficient (Wildman–Crippen LogP) is 3.56. The van der Waals surface area contributed by atoms with E-state index in [1.54, 1.807) is 6.92 Å². The molecule has 0 aliphatic carbocycles. The number of carbonyl (C=O) groups excluding carboxylic acids is 1. The Labute approximate surface area is 120 Å². The van der Waals surface area contributed by atoms with Crippen molar-refractivity contribution in [3.63, 3.8) is 0 Å². The summed E-state index contributed by atoms with van der Waals surface area (Å²) >= 11 is 0. The molecule has 2 nitrogen and oxygen atoms in total. The number of aliphatic hydroxyl groups is 1. The lowest BCUT2D eigenvalue weighted by atomic mass is 9.91. The number of ketones is 1. The zero-order valence-corrected chi connectivity index (χ0v) is 11.7. The van der Waals surface area contributed by atoms with Gasteiger partial charge in [-0.15, -0.1) is 0 Å². The standard InChI is InChI=1S/C18H20O2/c1-14(18(20)16-10-6-3-7-11-16)17(19)13-12-15-8-4-2-5-9-15/h2-11,14,18,20H,12-13H2,1H3/t14-,18+/m1/s1. The lowest BCUT2D eigenvalue weighted by Crippen LogP contribution is -2.19. The molecule has 0 heterocycles. The van der Waals surface area contributed by atoms with Crippen molar-refractivity contribution in [1.29, 1.82) is 0 Å². The average molecular weight is 268 g/mol. The highest BCUT2D eigenvalue weighted by Gasteiger charge is 2.22. The van der Waals surface area contributed by atoms with Crippen LogP contribution in [-0.2, 0) is 11.2 Å². The van der Waals surface area contributed by atoms with Crippen molar-refractivity contribution < 1.29 is 9.90 Å². The fourth-order valence-electron chi connectivity index (χ4n) is 2.25. The van der Waals surface area contributed by atoms with Crippen molar-refractivity contribution in [3.8, 4) is 0 Å². The molecule has 20 heavy (non-hydrogen) atoms. The summed E-state index contributed by atoms with van der Waals surface area (Å²) in [6.07, 6.45) is 0.472. The van der Waals surface area contributed by atoms with Crippen LogP contribution in [0.3, 0.4) is 0 Å². The Bertz CT molecular complexity index is 534. The van der Waals surface area contributed by atoms with Gasteiger partial charge in [0.05, 0.1) is 6.10 Å². The second-order valence-corrected chi connectivity index (χ2v) is 5.10. The zero-order chi connectivity index (χ0) is 14.4. The maximum absolute atomic E-state index is 12.2. The van der Waals surface area contributed by atoms with Gasteiger partial charge in [0, 0.05) is 12.3 Å². The van der Waals surface area contributed by atoms with E-state index in [1.807, 2.05) is 60.7 Å². The summed E-state index contributed by atoms with van der Waals surface area (Å²) in [7, 11) is 0. The Balaban J connectivity index is 1.92. The van der Waals surface area contributed by atoms with E-state index in [0.717, 1.165) is 17.5 Å². The lowest BCUT2D eigenvalue weighted by Gasteiger charge is -2.18. The largest absolute Gasteiger partial charge is 0.388 e. The SMILES string of the molecule is C[C@H](C(=O)CCc1ccccc1)[C@H](O)c1ccccc1. The van der Waals surface area contributed by atoms with Crippen molar-refractivity contribution >= 4 is 5.78 Å². The van der Waals surface area contributed by atoms with Gasteiger partial charge < -0.3 is 5.11 Å². The molecule has 0 aliphatic rings. The quantitative estimate of drug-likeness (QED) is 0.869. The highest BCUT2D eigenvalue weighted by atomic mass is 16.3. The smallest absolute Gasteiger partial charge is 0.138 e. The Morgan fingerprint density at radius 3 is 2.15 bits per heavy atom. The van der Waals surface area contributed by atoms with E-state index in [0.29, 0.717) is 6.42 Å². The van der Waals surface area contributed by atoms with Gasteiger partial charge in [-0.2, -0.15) is 0 Å². The Kier molecular flexibility index (Phi) is 5.08. The molecule has 0 bridgehead atoms. The monoisotopic (exact) mass is 268 g/mol. The predicted molar refractivity (Wildman–Crippen MR) is 80.3 cm³/mol. The van der Waals surface area contributed by atoms with Gasteiger partial charge in [0.25, 0.3) is 0 Å². The zero-order valence-electron chi connectivity index (χ0n) is 11.7. The maximum atomic E-state index is 12.2. The van der Waals surface area contributed by atoms with Crippen LogP contribution in [0, 0.1) is 5.92 Å². The summed E-state index contributed by atoms with van der Waals surface area (Å²) in [6.45, 7) is 1.80. The molecule has 0 unspecified atom stereocenters. The Hall–Kier alpha value is -1.93. The second-order valence-electron chi connectivity index (χ2n) is 5.10. The topological polar surface area (TPSA) is 37.3 Å². The average Bonchev–Trinajstić information content (AvgIpc) is 2.53. The summed E-state index contributed by atoms with van der Waals surface area (Å²) in [5, 5.41) is 10.2. The number of Topliss-reactive ketones (excluding diaryl/α,β-unsaturated/α-hetero) is 1. The van der Waals surface area contributed by atoms with Crippen LogP contribution >= 0.6 is 0 Å². The van der Waals surface area contributed by atoms with Crippen LogP contribution in [0.1, 0.15) is 30.6 Å². The third-order valence-electron chi connectivity index (χ3n) is 3.63. The van der Waals surface area contributed by atoms with Crippen LogP contribution < -0.4 is 0 Å². The minimum atomic E-state index is -0.723. The van der Waals surface area contributed by atoms with Crippen molar-refractivity contribution in [3.05, 3.63) is 71.8 Å². The lowest BCUT2D eigenvalue weighted by molar-refractivity contribution is -0.125. The van der Waals surface area contributed by atoms with Gasteiger partial charge in [-0.05, 0) is 17.5 Å². The molecule has 0 saturated heterocycles. The molecule has 2 aromatic carbocycles. The first-order valence-corrected chi connectivity index (χ1v) is 6.98. The molecule has 0 saturated carbocycles. The first-order valence-electron chi connectivity index (χ1n) is 6.98. The molecule has 1 N–H and O–H groups in total. The molecule has 0 amide bonds. The molecule has 0 aromatic heterocycles. The number of hydrogen-bond donors (Lipinski definition) is 1. The highest BCUT2D eigenvalue weighted by Crippen LogP contribution is 2.23. The number of benzene rings is 2. The third kappa shape index (κ3) is 3.78. The molecule has 104 valence electrons. The van der Waals surface area contributed by atoms with Crippen LogP contribution in [0.2, 0.25) is 0 Å². The molecule has 2 heteroatoms. The van der Waals surface area contributed by atoms with Crippen LogP contribution in [0.25, 0.3) is 0 Å². The number of carbonyl (C=O) groups is 1. The van der Waals surface area contributed by atoms with E-state index in [4.69, 9.17) is 0 Å². The first-order chi connectivity index (χ1) is 9.68. The van der Waals surface area contributed by atoms with Crippen LogP contribution in [-0.4, -0.2) is 10.9 Å². The highest BCUT2D eigenvalue weighted by molar-refractivity contribution is 5.81. The molecule has 2 rings (SSSR count). The molecule has 0 aliphatic heterocycles. The Morgan fingerprint density at radius 1 is 1.00 bits per heavy atom. The Morgan fingerprint density at radius 2 is 1.55 bits per heavy atom. The van der Waals surface area contributed by atoms with E-state index in [1.165, 1.54) is 0 Å². The molecule has 2 atom stereocenters. The minimum Gasteiger partial charge on any atom is -0.388 e. The molecule has 2 aromatic rings. The summed E-state index contributed by atoms with van der Waals surface area (Å²) in [4.78, 5) is 12.2. The van der Waals surface area contributed by atoms with Crippen molar-refractivity contribution in [2.75, 3.05) is 0 Å². The molecule has 0 radical (unpaired) electrons. The summed E-state index contributed by atoms with van der Waals surface area (Å²) < 4.78 is 0. The summed E-state index contributed by atoms with van der Waals surface area (Å²) in [5.41, 5.74) is 1.95. The summed E-state index contributed by atoms with van der Waals surface area (Å²) in [6, 6.07) is 19.3. The van der Waals surface area contributed by atoms with Gasteiger partial charge in [0.15, 0.2) is 0 Å². The van der Waals surface area contributed by atoms with E-state index in [-0.39, 0.29) is 11.7 Å². The molecule has 0 spiro atoms. The number of aliphatic hydroxyl groups excluding tert-OH is 1. The molecular formula is C18H20O2.